The second kappa shape index (κ2) is 5.21. The fourth-order valence-corrected chi connectivity index (χ4v) is 3.04. The minimum atomic E-state index is 0.0347. The standard InChI is InChI=1S/C13H20N2S/c1-15-9-7-13(14,8-10-15)11-16-12-5-3-2-4-6-12/h2-6H,7-11,14H2,1H3. The van der Waals surface area contributed by atoms with Gasteiger partial charge in [0.1, 0.15) is 0 Å². The van der Waals surface area contributed by atoms with E-state index in [-0.39, 0.29) is 5.54 Å². The summed E-state index contributed by atoms with van der Waals surface area (Å²) in [5.41, 5.74) is 6.46. The van der Waals surface area contributed by atoms with Crippen molar-refractivity contribution in [1.29, 1.82) is 0 Å². The van der Waals surface area contributed by atoms with Crippen LogP contribution in [0.4, 0.5) is 0 Å². The van der Waals surface area contributed by atoms with Gasteiger partial charge in [-0.25, -0.2) is 0 Å². The molecule has 1 aliphatic heterocycles. The van der Waals surface area contributed by atoms with Crippen molar-refractivity contribution in [2.75, 3.05) is 25.9 Å². The van der Waals surface area contributed by atoms with Gasteiger partial charge in [-0.15, -0.1) is 11.8 Å². The molecule has 0 spiro atoms. The Balaban J connectivity index is 1.85. The molecule has 1 heterocycles. The summed E-state index contributed by atoms with van der Waals surface area (Å²) < 4.78 is 0. The van der Waals surface area contributed by atoms with Gasteiger partial charge in [-0.05, 0) is 45.1 Å². The number of rotatable bonds is 3. The predicted octanol–water partition coefficient (Wildman–Crippen LogP) is 2.20. The normalized spacial score (nSPS) is 20.9. The zero-order chi connectivity index (χ0) is 11.4. The van der Waals surface area contributed by atoms with Gasteiger partial charge < -0.3 is 10.6 Å². The van der Waals surface area contributed by atoms with Gasteiger partial charge in [-0.1, -0.05) is 18.2 Å². The second-order valence-corrected chi connectivity index (χ2v) is 5.82. The first-order valence-electron chi connectivity index (χ1n) is 5.83. The SMILES string of the molecule is CN1CCC(N)(CSc2ccccc2)CC1. The first kappa shape index (κ1) is 12.0. The van der Waals surface area contributed by atoms with E-state index in [9.17, 15) is 0 Å². The maximum Gasteiger partial charge on any atom is 0.0274 e. The molecule has 2 nitrogen and oxygen atoms in total. The Morgan fingerprint density at radius 1 is 1.25 bits per heavy atom. The molecule has 0 saturated carbocycles. The highest BCUT2D eigenvalue weighted by molar-refractivity contribution is 7.99. The summed E-state index contributed by atoms with van der Waals surface area (Å²) in [5, 5.41) is 0. The van der Waals surface area contributed by atoms with Crippen molar-refractivity contribution in [2.24, 2.45) is 5.73 Å². The van der Waals surface area contributed by atoms with Gasteiger partial charge in [0, 0.05) is 16.2 Å². The van der Waals surface area contributed by atoms with Crippen molar-refractivity contribution in [2.45, 2.75) is 23.3 Å². The fraction of sp³-hybridized carbons (Fsp3) is 0.538. The molecule has 1 saturated heterocycles. The maximum absolute atomic E-state index is 6.42. The number of hydrogen-bond donors (Lipinski definition) is 1. The lowest BCUT2D eigenvalue weighted by Crippen LogP contribution is -2.51. The van der Waals surface area contributed by atoms with Gasteiger partial charge in [0.15, 0.2) is 0 Å². The Kier molecular flexibility index (Phi) is 3.90. The largest absolute Gasteiger partial charge is 0.324 e. The van der Waals surface area contributed by atoms with E-state index in [4.69, 9.17) is 5.73 Å². The van der Waals surface area contributed by atoms with Crippen LogP contribution in [0.15, 0.2) is 35.2 Å². The molecule has 0 aromatic heterocycles. The quantitative estimate of drug-likeness (QED) is 0.816. The highest BCUT2D eigenvalue weighted by atomic mass is 32.2. The summed E-state index contributed by atoms with van der Waals surface area (Å²) in [5.74, 6) is 1.03. The molecule has 0 atom stereocenters. The van der Waals surface area contributed by atoms with Gasteiger partial charge in [0.2, 0.25) is 0 Å². The molecule has 88 valence electrons. The first-order valence-corrected chi connectivity index (χ1v) is 6.82. The van der Waals surface area contributed by atoms with Crippen LogP contribution in [0.3, 0.4) is 0 Å². The molecule has 0 bridgehead atoms. The van der Waals surface area contributed by atoms with E-state index in [1.807, 2.05) is 11.8 Å². The highest BCUT2D eigenvalue weighted by Gasteiger charge is 2.29. The molecule has 1 aliphatic rings. The van der Waals surface area contributed by atoms with E-state index in [0.29, 0.717) is 0 Å². The summed E-state index contributed by atoms with van der Waals surface area (Å²) in [6.07, 6.45) is 2.23. The summed E-state index contributed by atoms with van der Waals surface area (Å²) in [7, 11) is 2.17. The summed E-state index contributed by atoms with van der Waals surface area (Å²) in [6, 6.07) is 10.5. The van der Waals surface area contributed by atoms with Crippen LogP contribution in [-0.2, 0) is 0 Å². The van der Waals surface area contributed by atoms with E-state index in [1.165, 1.54) is 4.90 Å². The molecule has 0 aliphatic carbocycles. The number of hydrogen-bond acceptors (Lipinski definition) is 3. The zero-order valence-electron chi connectivity index (χ0n) is 9.86. The van der Waals surface area contributed by atoms with Gasteiger partial charge in [0.25, 0.3) is 0 Å². The predicted molar refractivity (Wildman–Crippen MR) is 70.8 cm³/mol. The van der Waals surface area contributed by atoms with E-state index in [1.54, 1.807) is 0 Å². The third-order valence-corrected chi connectivity index (χ3v) is 4.58. The molecule has 0 amide bonds. The smallest absolute Gasteiger partial charge is 0.0274 e. The summed E-state index contributed by atoms with van der Waals surface area (Å²) >= 11 is 1.88. The molecule has 1 aromatic carbocycles. The van der Waals surface area contributed by atoms with Crippen LogP contribution in [0.2, 0.25) is 0 Å². The van der Waals surface area contributed by atoms with Gasteiger partial charge >= 0.3 is 0 Å². The van der Waals surface area contributed by atoms with Crippen LogP contribution in [0.25, 0.3) is 0 Å². The van der Waals surface area contributed by atoms with E-state index >= 15 is 0 Å². The van der Waals surface area contributed by atoms with Crippen LogP contribution in [0.5, 0.6) is 0 Å². The van der Waals surface area contributed by atoms with Crippen LogP contribution < -0.4 is 5.73 Å². The minimum absolute atomic E-state index is 0.0347. The van der Waals surface area contributed by atoms with Gasteiger partial charge in [-0.2, -0.15) is 0 Å². The van der Waals surface area contributed by atoms with Crippen LogP contribution in [0, 0.1) is 0 Å². The van der Waals surface area contributed by atoms with Crippen molar-refractivity contribution in [3.63, 3.8) is 0 Å². The van der Waals surface area contributed by atoms with Gasteiger partial charge in [-0.3, -0.25) is 0 Å². The Hall–Kier alpha value is -0.510. The summed E-state index contributed by atoms with van der Waals surface area (Å²) in [6.45, 7) is 2.26. The third-order valence-electron chi connectivity index (χ3n) is 3.25. The minimum Gasteiger partial charge on any atom is -0.324 e. The maximum atomic E-state index is 6.42. The molecule has 3 heteroatoms. The van der Waals surface area contributed by atoms with E-state index in [2.05, 4.69) is 42.3 Å². The molecule has 1 fully saturated rings. The van der Waals surface area contributed by atoms with Crippen molar-refractivity contribution < 1.29 is 0 Å². The number of nitrogens with zero attached hydrogens (tertiary/aromatic N) is 1. The van der Waals surface area contributed by atoms with Crippen molar-refractivity contribution in [3.05, 3.63) is 30.3 Å². The average Bonchev–Trinajstić information content (AvgIpc) is 2.33. The first-order chi connectivity index (χ1) is 7.68. The Labute approximate surface area is 102 Å². The second-order valence-electron chi connectivity index (χ2n) is 4.77. The summed E-state index contributed by atoms with van der Waals surface area (Å²) in [4.78, 5) is 3.68. The van der Waals surface area contributed by atoms with Crippen molar-refractivity contribution in [3.8, 4) is 0 Å². The number of piperidine rings is 1. The monoisotopic (exact) mass is 236 g/mol. The van der Waals surface area contributed by atoms with Gasteiger partial charge in [0.05, 0.1) is 0 Å². The van der Waals surface area contributed by atoms with Crippen molar-refractivity contribution in [1.82, 2.24) is 4.90 Å². The lowest BCUT2D eigenvalue weighted by Gasteiger charge is -2.37. The highest BCUT2D eigenvalue weighted by Crippen LogP contribution is 2.27. The van der Waals surface area contributed by atoms with Crippen molar-refractivity contribution >= 4 is 11.8 Å². The molecule has 0 unspecified atom stereocenters. The lowest BCUT2D eigenvalue weighted by molar-refractivity contribution is 0.206. The molecular weight excluding hydrogens is 216 g/mol. The molecular formula is C13H20N2S. The number of likely N-dealkylation sites (tertiary alicyclic amines) is 1. The Morgan fingerprint density at radius 3 is 2.50 bits per heavy atom. The molecule has 16 heavy (non-hydrogen) atoms. The van der Waals surface area contributed by atoms with Crippen LogP contribution in [0.1, 0.15) is 12.8 Å². The molecule has 2 rings (SSSR count). The number of thioether (sulfide) groups is 1. The topological polar surface area (TPSA) is 29.3 Å². The number of benzene rings is 1. The third kappa shape index (κ3) is 3.24. The van der Waals surface area contributed by atoms with Crippen LogP contribution >= 0.6 is 11.8 Å². The average molecular weight is 236 g/mol. The van der Waals surface area contributed by atoms with Crippen LogP contribution in [-0.4, -0.2) is 36.3 Å². The fourth-order valence-electron chi connectivity index (χ4n) is 1.95. The zero-order valence-corrected chi connectivity index (χ0v) is 10.7. The molecule has 1 aromatic rings. The number of nitrogens with two attached hydrogens (primary N) is 1. The van der Waals surface area contributed by atoms with E-state index < -0.39 is 0 Å². The Morgan fingerprint density at radius 2 is 1.88 bits per heavy atom. The molecule has 0 radical (unpaired) electrons. The van der Waals surface area contributed by atoms with E-state index in [0.717, 1.165) is 31.7 Å². The Bertz CT molecular complexity index is 318. The molecule has 2 N–H and O–H groups in total. The lowest BCUT2D eigenvalue weighted by atomic mass is 9.91.